The third-order valence-corrected chi connectivity index (χ3v) is 5.00. The molecule has 32 heavy (non-hydrogen) atoms. The number of ether oxygens (including phenoxy) is 1. The van der Waals surface area contributed by atoms with Crippen LogP contribution >= 0.6 is 0 Å². The molecule has 2 aromatic heterocycles. The predicted octanol–water partition coefficient (Wildman–Crippen LogP) is 0.712. The van der Waals surface area contributed by atoms with Gasteiger partial charge in [0.05, 0.1) is 12.1 Å². The van der Waals surface area contributed by atoms with Crippen molar-refractivity contribution < 1.29 is 24.0 Å². The lowest BCUT2D eigenvalue weighted by atomic mass is 10.0. The summed E-state index contributed by atoms with van der Waals surface area (Å²) in [5.41, 5.74) is 5.34. The van der Waals surface area contributed by atoms with Crippen molar-refractivity contribution in [1.82, 2.24) is 20.0 Å². The summed E-state index contributed by atoms with van der Waals surface area (Å²) in [5.74, 6) is 6.10. The summed E-state index contributed by atoms with van der Waals surface area (Å²) in [6.07, 6.45) is 0.658. The van der Waals surface area contributed by atoms with E-state index in [0.29, 0.717) is 34.2 Å². The molecule has 0 unspecified atom stereocenters. The normalized spacial score (nSPS) is 16.3. The maximum Gasteiger partial charge on any atom is 0.268 e. The SMILES string of the molecule is CNC(=O)[C@@H]1Cn2cc(C(N)=O)nc2-c2cc(C#C[C@@](C)(O)c3cc(C)on3)ccc2O1. The van der Waals surface area contributed by atoms with E-state index in [1.165, 1.54) is 20.2 Å². The Bertz CT molecular complexity index is 1280. The summed E-state index contributed by atoms with van der Waals surface area (Å²) in [6, 6.07) is 6.69. The Morgan fingerprint density at radius 2 is 2.16 bits per heavy atom. The molecular weight excluding hydrogens is 414 g/mol. The Morgan fingerprint density at radius 1 is 1.38 bits per heavy atom. The van der Waals surface area contributed by atoms with Crippen molar-refractivity contribution >= 4 is 11.8 Å². The first kappa shape index (κ1) is 21.1. The highest BCUT2D eigenvalue weighted by molar-refractivity contribution is 5.91. The Hall–Kier alpha value is -4.10. The molecule has 3 aromatic rings. The van der Waals surface area contributed by atoms with Gasteiger partial charge in [0.15, 0.2) is 11.7 Å². The molecule has 2 amide bonds. The highest BCUT2D eigenvalue weighted by Gasteiger charge is 2.29. The first-order chi connectivity index (χ1) is 15.2. The lowest BCUT2D eigenvalue weighted by molar-refractivity contribution is -0.127. The monoisotopic (exact) mass is 435 g/mol. The van der Waals surface area contributed by atoms with Crippen molar-refractivity contribution in [2.75, 3.05) is 7.05 Å². The quantitative estimate of drug-likeness (QED) is 0.514. The number of primary amides is 1. The molecule has 2 atom stereocenters. The number of aryl methyl sites for hydroxylation is 1. The molecular formula is C22H21N5O5. The predicted molar refractivity (Wildman–Crippen MR) is 112 cm³/mol. The second-order valence-electron chi connectivity index (χ2n) is 7.54. The number of aliphatic hydroxyl groups is 1. The number of nitrogens with one attached hydrogen (secondary N) is 1. The first-order valence-corrected chi connectivity index (χ1v) is 9.77. The molecule has 0 saturated carbocycles. The molecule has 0 bridgehead atoms. The highest BCUT2D eigenvalue weighted by Crippen LogP contribution is 2.34. The van der Waals surface area contributed by atoms with Crippen LogP contribution in [-0.2, 0) is 16.9 Å². The van der Waals surface area contributed by atoms with E-state index >= 15 is 0 Å². The lowest BCUT2D eigenvalue weighted by Crippen LogP contribution is -2.38. The number of amides is 2. The van der Waals surface area contributed by atoms with Crippen LogP contribution in [0.15, 0.2) is 35.0 Å². The van der Waals surface area contributed by atoms with Gasteiger partial charge >= 0.3 is 0 Å². The summed E-state index contributed by atoms with van der Waals surface area (Å²) in [4.78, 5) is 28.3. The molecule has 0 fully saturated rings. The van der Waals surface area contributed by atoms with Gasteiger partial charge in [0, 0.05) is 24.9 Å². The van der Waals surface area contributed by atoms with E-state index in [1.807, 2.05) is 0 Å². The minimum absolute atomic E-state index is 0.0735. The van der Waals surface area contributed by atoms with E-state index in [1.54, 1.807) is 35.8 Å². The van der Waals surface area contributed by atoms with Crippen LogP contribution in [0.5, 0.6) is 5.75 Å². The molecule has 10 heteroatoms. The van der Waals surface area contributed by atoms with Crippen LogP contribution in [0.25, 0.3) is 11.4 Å². The minimum Gasteiger partial charge on any atom is -0.478 e. The van der Waals surface area contributed by atoms with Crippen molar-refractivity contribution in [2.45, 2.75) is 32.1 Å². The molecule has 1 aliphatic rings. The summed E-state index contributed by atoms with van der Waals surface area (Å²) in [5, 5.41) is 17.0. The van der Waals surface area contributed by atoms with Gasteiger partial charge in [-0.05, 0) is 32.0 Å². The number of likely N-dealkylation sites (N-methyl/N-ethyl adjacent to an activating group) is 1. The highest BCUT2D eigenvalue weighted by atomic mass is 16.5. The van der Waals surface area contributed by atoms with Crippen LogP contribution in [0.1, 0.15) is 34.4 Å². The van der Waals surface area contributed by atoms with E-state index < -0.39 is 17.6 Å². The molecule has 0 saturated heterocycles. The van der Waals surface area contributed by atoms with Crippen LogP contribution in [0.4, 0.5) is 0 Å². The Morgan fingerprint density at radius 3 is 2.81 bits per heavy atom. The summed E-state index contributed by atoms with van der Waals surface area (Å²) < 4.78 is 12.6. The molecule has 164 valence electrons. The zero-order chi connectivity index (χ0) is 23.0. The van der Waals surface area contributed by atoms with Crippen LogP contribution < -0.4 is 15.8 Å². The summed E-state index contributed by atoms with van der Waals surface area (Å²) in [6.45, 7) is 3.38. The number of nitrogens with two attached hydrogens (primary N) is 1. The van der Waals surface area contributed by atoms with Gasteiger partial charge in [-0.25, -0.2) is 4.98 Å². The van der Waals surface area contributed by atoms with E-state index in [4.69, 9.17) is 15.0 Å². The molecule has 1 aromatic carbocycles. The Kier molecular flexibility index (Phi) is 5.20. The number of hydrogen-bond donors (Lipinski definition) is 3. The maximum atomic E-state index is 12.3. The van der Waals surface area contributed by atoms with Gasteiger partial charge < -0.3 is 30.0 Å². The number of rotatable bonds is 3. The van der Waals surface area contributed by atoms with Crippen LogP contribution in [0, 0.1) is 18.8 Å². The van der Waals surface area contributed by atoms with Crippen molar-refractivity contribution in [3.63, 3.8) is 0 Å². The number of hydrogen-bond acceptors (Lipinski definition) is 7. The molecule has 4 N–H and O–H groups in total. The van der Waals surface area contributed by atoms with Crippen molar-refractivity contribution in [2.24, 2.45) is 5.73 Å². The van der Waals surface area contributed by atoms with Gasteiger partial charge in [-0.1, -0.05) is 17.0 Å². The van der Waals surface area contributed by atoms with Gasteiger partial charge in [-0.3, -0.25) is 9.59 Å². The molecule has 0 radical (unpaired) electrons. The zero-order valence-corrected chi connectivity index (χ0v) is 17.7. The van der Waals surface area contributed by atoms with E-state index in [0.717, 1.165) is 0 Å². The average molecular weight is 435 g/mol. The van der Waals surface area contributed by atoms with Crippen LogP contribution in [0.2, 0.25) is 0 Å². The van der Waals surface area contributed by atoms with Crippen molar-refractivity contribution in [3.8, 4) is 29.0 Å². The molecule has 10 nitrogen and oxygen atoms in total. The number of carbonyl (C=O) groups excluding carboxylic acids is 2. The Labute approximate surface area is 183 Å². The van der Waals surface area contributed by atoms with Gasteiger partial charge in [0.25, 0.3) is 11.8 Å². The first-order valence-electron chi connectivity index (χ1n) is 9.77. The molecule has 0 spiro atoms. The number of fused-ring (bicyclic) bond motifs is 3. The molecule has 1 aliphatic heterocycles. The lowest BCUT2D eigenvalue weighted by Gasteiger charge is -2.16. The van der Waals surface area contributed by atoms with E-state index in [9.17, 15) is 14.7 Å². The number of carbonyl (C=O) groups is 2. The number of nitrogens with zero attached hydrogens (tertiary/aromatic N) is 3. The van der Waals surface area contributed by atoms with Crippen molar-refractivity contribution in [1.29, 1.82) is 0 Å². The zero-order valence-electron chi connectivity index (χ0n) is 17.7. The molecule has 3 heterocycles. The standard InChI is InChI=1S/C22H21N5O5/c1-12-8-18(26-32-12)22(2,30)7-6-13-4-5-16-14(9-13)20-25-15(19(23)28)10-27(20)11-17(31-16)21(29)24-3/h4-5,8-10,17,30H,11H2,1-3H3,(H2,23,28)(H,24,29)/t17-,22+/m0/s1. The van der Waals surface area contributed by atoms with Gasteiger partial charge in [-0.15, -0.1) is 0 Å². The number of aromatic nitrogens is 3. The second kappa shape index (κ2) is 7.86. The average Bonchev–Trinajstić information content (AvgIpc) is 3.35. The fourth-order valence-electron chi connectivity index (χ4n) is 3.29. The fourth-order valence-corrected chi connectivity index (χ4v) is 3.29. The molecule has 0 aliphatic carbocycles. The third kappa shape index (κ3) is 3.93. The van der Waals surface area contributed by atoms with Crippen molar-refractivity contribution in [3.05, 3.63) is 53.2 Å². The summed E-state index contributed by atoms with van der Waals surface area (Å²) in [7, 11) is 1.52. The largest absolute Gasteiger partial charge is 0.478 e. The summed E-state index contributed by atoms with van der Waals surface area (Å²) >= 11 is 0. The second-order valence-corrected chi connectivity index (χ2v) is 7.54. The number of benzene rings is 1. The topological polar surface area (TPSA) is 146 Å². The van der Waals surface area contributed by atoms with Gasteiger partial charge in [-0.2, -0.15) is 0 Å². The Balaban J connectivity index is 1.77. The van der Waals surface area contributed by atoms with Crippen LogP contribution in [0.3, 0.4) is 0 Å². The fraction of sp³-hybridized carbons (Fsp3) is 0.273. The van der Waals surface area contributed by atoms with Gasteiger partial charge in [0.2, 0.25) is 0 Å². The smallest absolute Gasteiger partial charge is 0.268 e. The van der Waals surface area contributed by atoms with E-state index in [-0.39, 0.29) is 18.1 Å². The molecule has 4 rings (SSSR count). The number of imidazole rings is 1. The maximum absolute atomic E-state index is 12.3. The third-order valence-electron chi connectivity index (χ3n) is 5.00. The van der Waals surface area contributed by atoms with Crippen LogP contribution in [-0.4, -0.2) is 44.8 Å². The minimum atomic E-state index is -1.52. The van der Waals surface area contributed by atoms with E-state index in [2.05, 4.69) is 27.3 Å². The van der Waals surface area contributed by atoms with Gasteiger partial charge in [0.1, 0.15) is 28.7 Å².